The first-order valence-corrected chi connectivity index (χ1v) is 12.3. The molecule has 0 radical (unpaired) electrons. The van der Waals surface area contributed by atoms with Gasteiger partial charge < -0.3 is 10.1 Å². The fourth-order valence-corrected chi connectivity index (χ4v) is 5.24. The number of piperidine rings is 1. The molecule has 1 saturated heterocycles. The number of ether oxygens (including phenoxy) is 1. The molecule has 5 heterocycles. The Morgan fingerprint density at radius 2 is 2.21 bits per heavy atom. The molecule has 1 amide bonds. The monoisotopic (exact) mass is 477 g/mol. The van der Waals surface area contributed by atoms with Crippen molar-refractivity contribution in [3.63, 3.8) is 0 Å². The van der Waals surface area contributed by atoms with Crippen molar-refractivity contribution in [1.82, 2.24) is 30.3 Å². The van der Waals surface area contributed by atoms with Gasteiger partial charge in [0, 0.05) is 36.1 Å². The van der Waals surface area contributed by atoms with E-state index in [1.54, 1.807) is 35.5 Å². The molecule has 0 aromatic carbocycles. The molecule has 0 aliphatic carbocycles. The topological polar surface area (TPSA) is 98.1 Å². The third-order valence-electron chi connectivity index (χ3n) is 6.07. The van der Waals surface area contributed by atoms with E-state index < -0.39 is 0 Å². The summed E-state index contributed by atoms with van der Waals surface area (Å²) in [4.78, 5) is 24.9. The van der Waals surface area contributed by atoms with E-state index in [1.807, 2.05) is 29.3 Å². The van der Waals surface area contributed by atoms with Crippen LogP contribution in [0.15, 0.2) is 42.2 Å². The highest BCUT2D eigenvalue weighted by molar-refractivity contribution is 7.17. The number of thiophene rings is 1. The van der Waals surface area contributed by atoms with Gasteiger partial charge in [-0.15, -0.1) is 16.4 Å². The van der Waals surface area contributed by atoms with Crippen LogP contribution in [0.2, 0.25) is 0 Å². The van der Waals surface area contributed by atoms with Crippen molar-refractivity contribution in [2.45, 2.75) is 32.4 Å². The van der Waals surface area contributed by atoms with E-state index in [0.717, 1.165) is 47.4 Å². The lowest BCUT2D eigenvalue weighted by Crippen LogP contribution is -2.49. The predicted molar refractivity (Wildman–Crippen MR) is 132 cm³/mol. The van der Waals surface area contributed by atoms with Gasteiger partial charge in [-0.05, 0) is 55.5 Å². The molecule has 0 bridgehead atoms. The minimum atomic E-state index is -0.0953. The average Bonchev–Trinajstić information content (AvgIpc) is 3.51. The smallest absolute Gasteiger partial charge is 0.261 e. The number of rotatable bonds is 7. The van der Waals surface area contributed by atoms with Crippen molar-refractivity contribution < 1.29 is 9.53 Å². The molecule has 1 fully saturated rings. The predicted octanol–water partition coefficient (Wildman–Crippen LogP) is 3.30. The van der Waals surface area contributed by atoms with Gasteiger partial charge in [-0.25, -0.2) is 9.67 Å². The molecule has 0 spiro atoms. The van der Waals surface area contributed by atoms with Crippen LogP contribution in [0.25, 0.3) is 21.5 Å². The first kappa shape index (κ1) is 22.6. The molecular formula is C24H27N7O2S. The van der Waals surface area contributed by atoms with E-state index in [2.05, 4.69) is 37.9 Å². The number of methoxy groups -OCH3 is 1. The van der Waals surface area contributed by atoms with Crippen LogP contribution in [0.3, 0.4) is 0 Å². The van der Waals surface area contributed by atoms with Crippen LogP contribution in [-0.2, 0) is 11.3 Å². The molecule has 5 rings (SSSR count). The number of aromatic nitrogens is 5. The number of aryl methyl sites for hydroxylation is 1. The maximum absolute atomic E-state index is 13.9. The fraction of sp³-hybridized carbons (Fsp3) is 0.375. The highest BCUT2D eigenvalue weighted by Gasteiger charge is 2.30. The Hall–Kier alpha value is -3.21. The van der Waals surface area contributed by atoms with Gasteiger partial charge in [0.1, 0.15) is 11.5 Å². The maximum Gasteiger partial charge on any atom is 0.261 e. The van der Waals surface area contributed by atoms with Crippen molar-refractivity contribution >= 4 is 33.1 Å². The van der Waals surface area contributed by atoms with Crippen molar-refractivity contribution in [2.75, 3.05) is 31.7 Å². The minimum absolute atomic E-state index is 0.0269. The molecule has 1 aliphatic rings. The van der Waals surface area contributed by atoms with E-state index in [9.17, 15) is 4.79 Å². The Balaban J connectivity index is 1.47. The Morgan fingerprint density at radius 3 is 2.97 bits per heavy atom. The van der Waals surface area contributed by atoms with E-state index in [-0.39, 0.29) is 11.9 Å². The summed E-state index contributed by atoms with van der Waals surface area (Å²) in [6.45, 7) is 4.95. The lowest BCUT2D eigenvalue weighted by atomic mass is 10.0. The second-order valence-electron chi connectivity index (χ2n) is 8.39. The SMILES string of the molecule is COCCn1cc(-c2ccc(C(=O)N(c3nccc4scc(C)c34)[C@@H]3CCCNC3)cn2)nn1. The first-order chi connectivity index (χ1) is 16.7. The largest absolute Gasteiger partial charge is 0.383 e. The Kier molecular flexibility index (Phi) is 6.61. The number of hydrogen-bond acceptors (Lipinski definition) is 8. The number of carbonyl (C=O) groups is 1. The molecule has 34 heavy (non-hydrogen) atoms. The quantitative estimate of drug-likeness (QED) is 0.436. The Morgan fingerprint density at radius 1 is 1.29 bits per heavy atom. The zero-order chi connectivity index (χ0) is 23.5. The summed E-state index contributed by atoms with van der Waals surface area (Å²) in [6, 6.07) is 5.66. The molecule has 4 aromatic rings. The zero-order valence-corrected chi connectivity index (χ0v) is 20.1. The molecular weight excluding hydrogens is 450 g/mol. The molecule has 1 N–H and O–H groups in total. The third-order valence-corrected chi connectivity index (χ3v) is 7.13. The molecule has 1 atom stereocenters. The summed E-state index contributed by atoms with van der Waals surface area (Å²) in [6.07, 6.45) is 7.18. The van der Waals surface area contributed by atoms with Gasteiger partial charge in [-0.2, -0.15) is 0 Å². The fourth-order valence-electron chi connectivity index (χ4n) is 4.31. The van der Waals surface area contributed by atoms with Crippen LogP contribution >= 0.6 is 11.3 Å². The van der Waals surface area contributed by atoms with Gasteiger partial charge >= 0.3 is 0 Å². The first-order valence-electron chi connectivity index (χ1n) is 11.4. The number of pyridine rings is 2. The van der Waals surface area contributed by atoms with Gasteiger partial charge in [-0.1, -0.05) is 5.21 Å². The third kappa shape index (κ3) is 4.44. The van der Waals surface area contributed by atoms with Gasteiger partial charge in [0.25, 0.3) is 5.91 Å². The average molecular weight is 478 g/mol. The number of nitrogens with zero attached hydrogens (tertiary/aromatic N) is 6. The van der Waals surface area contributed by atoms with Crippen LogP contribution < -0.4 is 10.2 Å². The van der Waals surface area contributed by atoms with E-state index in [1.165, 1.54) is 0 Å². The van der Waals surface area contributed by atoms with Gasteiger partial charge in [0.05, 0.1) is 36.6 Å². The normalized spacial score (nSPS) is 16.1. The highest BCUT2D eigenvalue weighted by atomic mass is 32.1. The summed E-state index contributed by atoms with van der Waals surface area (Å²) in [5.74, 6) is 0.627. The number of anilines is 1. The van der Waals surface area contributed by atoms with Crippen molar-refractivity contribution in [3.05, 3.63) is 53.3 Å². The molecule has 1 aliphatic heterocycles. The van der Waals surface area contributed by atoms with Crippen LogP contribution in [0.4, 0.5) is 5.82 Å². The standard InChI is InChI=1S/C24H27N7O2S/c1-16-15-34-21-7-9-26-23(22(16)21)31(18-4-3-8-25-13-18)24(32)17-5-6-19(27-12-17)20-14-30(29-28-20)10-11-33-2/h5-7,9,12,14-15,18,25H,3-4,8,10-11,13H2,1-2H3/t18-/m1/s1. The molecule has 0 saturated carbocycles. The Labute approximate surface area is 201 Å². The van der Waals surface area contributed by atoms with E-state index in [0.29, 0.717) is 30.1 Å². The number of fused-ring (bicyclic) bond motifs is 1. The number of nitrogens with one attached hydrogen (secondary N) is 1. The number of carbonyl (C=O) groups excluding carboxylic acids is 1. The van der Waals surface area contributed by atoms with Gasteiger partial charge in [-0.3, -0.25) is 14.7 Å². The minimum Gasteiger partial charge on any atom is -0.383 e. The van der Waals surface area contributed by atoms with Crippen LogP contribution in [0.5, 0.6) is 0 Å². The highest BCUT2D eigenvalue weighted by Crippen LogP contribution is 2.34. The summed E-state index contributed by atoms with van der Waals surface area (Å²) < 4.78 is 7.93. The van der Waals surface area contributed by atoms with Gasteiger partial charge in [0.2, 0.25) is 0 Å². The second kappa shape index (κ2) is 9.96. The van der Waals surface area contributed by atoms with E-state index in [4.69, 9.17) is 4.74 Å². The van der Waals surface area contributed by atoms with Crippen LogP contribution in [-0.4, -0.2) is 63.7 Å². The zero-order valence-electron chi connectivity index (χ0n) is 19.3. The lowest BCUT2D eigenvalue weighted by molar-refractivity contribution is 0.0971. The molecule has 4 aromatic heterocycles. The maximum atomic E-state index is 13.9. The summed E-state index contributed by atoms with van der Waals surface area (Å²) in [5.41, 5.74) is 2.98. The second-order valence-corrected chi connectivity index (χ2v) is 9.30. The van der Waals surface area contributed by atoms with Crippen molar-refractivity contribution in [3.8, 4) is 11.4 Å². The van der Waals surface area contributed by atoms with Gasteiger partial charge in [0.15, 0.2) is 0 Å². The molecule has 9 nitrogen and oxygen atoms in total. The van der Waals surface area contributed by atoms with Crippen LogP contribution in [0.1, 0.15) is 28.8 Å². The van der Waals surface area contributed by atoms with Crippen molar-refractivity contribution in [1.29, 1.82) is 0 Å². The van der Waals surface area contributed by atoms with Crippen LogP contribution in [0, 0.1) is 6.92 Å². The molecule has 0 unspecified atom stereocenters. The summed E-state index contributed by atoms with van der Waals surface area (Å²) >= 11 is 1.68. The summed E-state index contributed by atoms with van der Waals surface area (Å²) in [5, 5.41) is 14.9. The Bertz CT molecular complexity index is 1280. The van der Waals surface area contributed by atoms with Crippen molar-refractivity contribution in [2.24, 2.45) is 0 Å². The number of amides is 1. The molecule has 10 heteroatoms. The van der Waals surface area contributed by atoms with E-state index >= 15 is 0 Å². The lowest BCUT2D eigenvalue weighted by Gasteiger charge is -2.34. The summed E-state index contributed by atoms with van der Waals surface area (Å²) in [7, 11) is 1.65. The number of hydrogen-bond donors (Lipinski definition) is 1. The molecule has 176 valence electrons.